The maximum atomic E-state index is 12.3. The third kappa shape index (κ3) is 2.66. The van der Waals surface area contributed by atoms with Crippen LogP contribution in [0, 0.1) is 0 Å². The summed E-state index contributed by atoms with van der Waals surface area (Å²) >= 11 is 4.10. The van der Waals surface area contributed by atoms with E-state index in [1.807, 2.05) is 24.3 Å². The van der Waals surface area contributed by atoms with Gasteiger partial charge >= 0.3 is 0 Å². The number of sulfonamides is 1. The number of benzene rings is 2. The minimum absolute atomic E-state index is 0.227. The SMILES string of the molecule is C[C@H](CS)NS(=O)(=O)c1ccc2oc3ccccc3c2c1. The molecule has 3 aromatic rings. The zero-order chi connectivity index (χ0) is 15.0. The van der Waals surface area contributed by atoms with Gasteiger partial charge in [0, 0.05) is 22.6 Å². The van der Waals surface area contributed by atoms with Crippen LogP contribution in [-0.2, 0) is 10.0 Å². The summed E-state index contributed by atoms with van der Waals surface area (Å²) in [5.74, 6) is 0.441. The Morgan fingerprint density at radius 1 is 1.14 bits per heavy atom. The van der Waals surface area contributed by atoms with Crippen molar-refractivity contribution in [1.82, 2.24) is 4.72 Å². The van der Waals surface area contributed by atoms with Crippen LogP contribution in [-0.4, -0.2) is 20.2 Å². The Kier molecular flexibility index (Phi) is 3.69. The Balaban J connectivity index is 2.14. The van der Waals surface area contributed by atoms with Crippen LogP contribution in [0.4, 0.5) is 0 Å². The molecule has 0 saturated carbocycles. The lowest BCUT2D eigenvalue weighted by Gasteiger charge is -2.11. The Morgan fingerprint density at radius 2 is 1.86 bits per heavy atom. The van der Waals surface area contributed by atoms with E-state index in [0.29, 0.717) is 11.3 Å². The van der Waals surface area contributed by atoms with E-state index in [9.17, 15) is 8.42 Å². The minimum Gasteiger partial charge on any atom is -0.456 e. The minimum atomic E-state index is -3.55. The maximum Gasteiger partial charge on any atom is 0.240 e. The molecule has 0 amide bonds. The van der Waals surface area contributed by atoms with Crippen molar-refractivity contribution < 1.29 is 12.8 Å². The molecule has 0 bridgehead atoms. The van der Waals surface area contributed by atoms with Crippen molar-refractivity contribution in [3.63, 3.8) is 0 Å². The molecular formula is C15H15NO3S2. The molecule has 1 aromatic heterocycles. The van der Waals surface area contributed by atoms with Gasteiger partial charge in [0.25, 0.3) is 0 Å². The fourth-order valence-corrected chi connectivity index (χ4v) is 3.73. The molecule has 6 heteroatoms. The number of furan rings is 1. The summed E-state index contributed by atoms with van der Waals surface area (Å²) in [5, 5.41) is 1.71. The van der Waals surface area contributed by atoms with Crippen molar-refractivity contribution in [3.05, 3.63) is 42.5 Å². The molecule has 0 saturated heterocycles. The smallest absolute Gasteiger partial charge is 0.240 e. The molecule has 1 heterocycles. The van der Waals surface area contributed by atoms with E-state index in [4.69, 9.17) is 4.42 Å². The van der Waals surface area contributed by atoms with Crippen molar-refractivity contribution in [3.8, 4) is 0 Å². The van der Waals surface area contributed by atoms with Gasteiger partial charge < -0.3 is 4.42 Å². The molecule has 1 atom stereocenters. The van der Waals surface area contributed by atoms with Gasteiger partial charge in [-0.1, -0.05) is 18.2 Å². The number of thiol groups is 1. The van der Waals surface area contributed by atoms with E-state index >= 15 is 0 Å². The number of rotatable bonds is 4. The molecule has 0 spiro atoms. The molecule has 3 rings (SSSR count). The summed E-state index contributed by atoms with van der Waals surface area (Å²) in [6.45, 7) is 1.77. The highest BCUT2D eigenvalue weighted by atomic mass is 32.2. The van der Waals surface area contributed by atoms with Gasteiger partial charge in [-0.2, -0.15) is 12.6 Å². The summed E-state index contributed by atoms with van der Waals surface area (Å²) in [5.41, 5.74) is 1.43. The highest BCUT2D eigenvalue weighted by molar-refractivity contribution is 7.89. The van der Waals surface area contributed by atoms with Crippen LogP contribution in [0.1, 0.15) is 6.92 Å². The van der Waals surface area contributed by atoms with Gasteiger partial charge in [0.2, 0.25) is 10.0 Å². The summed E-state index contributed by atoms with van der Waals surface area (Å²) in [6.07, 6.45) is 0. The van der Waals surface area contributed by atoms with Crippen LogP contribution in [0.15, 0.2) is 51.8 Å². The average Bonchev–Trinajstić information content (AvgIpc) is 2.84. The summed E-state index contributed by atoms with van der Waals surface area (Å²) in [6, 6.07) is 12.2. The third-order valence-electron chi connectivity index (χ3n) is 3.29. The molecule has 0 aliphatic carbocycles. The van der Waals surface area contributed by atoms with E-state index in [-0.39, 0.29) is 10.9 Å². The number of para-hydroxylation sites is 1. The monoisotopic (exact) mass is 321 g/mol. The average molecular weight is 321 g/mol. The lowest BCUT2D eigenvalue weighted by molar-refractivity contribution is 0.571. The third-order valence-corrected chi connectivity index (χ3v) is 5.42. The number of fused-ring (bicyclic) bond motifs is 3. The van der Waals surface area contributed by atoms with E-state index in [0.717, 1.165) is 16.4 Å². The quantitative estimate of drug-likeness (QED) is 0.726. The number of hydrogen-bond acceptors (Lipinski definition) is 4. The van der Waals surface area contributed by atoms with Crippen LogP contribution >= 0.6 is 12.6 Å². The zero-order valence-corrected chi connectivity index (χ0v) is 13.1. The van der Waals surface area contributed by atoms with E-state index < -0.39 is 10.0 Å². The van der Waals surface area contributed by atoms with Gasteiger partial charge in [-0.15, -0.1) is 0 Å². The van der Waals surface area contributed by atoms with Gasteiger partial charge in [0.1, 0.15) is 11.2 Å². The summed E-state index contributed by atoms with van der Waals surface area (Å²) in [4.78, 5) is 0.232. The highest BCUT2D eigenvalue weighted by Crippen LogP contribution is 2.30. The van der Waals surface area contributed by atoms with Crippen LogP contribution in [0.5, 0.6) is 0 Å². The zero-order valence-electron chi connectivity index (χ0n) is 11.4. The first-order valence-electron chi connectivity index (χ1n) is 6.56. The first-order valence-corrected chi connectivity index (χ1v) is 8.67. The lowest BCUT2D eigenvalue weighted by Crippen LogP contribution is -2.33. The second kappa shape index (κ2) is 5.36. The van der Waals surface area contributed by atoms with Crippen molar-refractivity contribution in [2.45, 2.75) is 17.9 Å². The number of nitrogens with one attached hydrogen (secondary N) is 1. The van der Waals surface area contributed by atoms with Crippen molar-refractivity contribution in [2.75, 3.05) is 5.75 Å². The first kappa shape index (κ1) is 14.4. The first-order chi connectivity index (χ1) is 10.0. The van der Waals surface area contributed by atoms with Crippen LogP contribution in [0.3, 0.4) is 0 Å². The van der Waals surface area contributed by atoms with Crippen LogP contribution in [0.25, 0.3) is 21.9 Å². The largest absolute Gasteiger partial charge is 0.456 e. The second-order valence-corrected chi connectivity index (χ2v) is 7.04. The van der Waals surface area contributed by atoms with Crippen LogP contribution < -0.4 is 4.72 Å². The Labute approximate surface area is 128 Å². The van der Waals surface area contributed by atoms with Gasteiger partial charge in [-0.3, -0.25) is 0 Å². The Hall–Kier alpha value is -1.50. The molecule has 2 aromatic carbocycles. The molecule has 4 nitrogen and oxygen atoms in total. The molecular weight excluding hydrogens is 306 g/mol. The molecule has 110 valence electrons. The maximum absolute atomic E-state index is 12.3. The van der Waals surface area contributed by atoms with Gasteiger partial charge in [-0.25, -0.2) is 13.1 Å². The van der Waals surface area contributed by atoms with E-state index in [2.05, 4.69) is 17.4 Å². The fraction of sp³-hybridized carbons (Fsp3) is 0.200. The highest BCUT2D eigenvalue weighted by Gasteiger charge is 2.18. The lowest BCUT2D eigenvalue weighted by atomic mass is 10.1. The predicted octanol–water partition coefficient (Wildman–Crippen LogP) is 3.18. The van der Waals surface area contributed by atoms with Crippen molar-refractivity contribution in [2.24, 2.45) is 0 Å². The van der Waals surface area contributed by atoms with Gasteiger partial charge in [-0.05, 0) is 31.2 Å². The second-order valence-electron chi connectivity index (χ2n) is 4.96. The fourth-order valence-electron chi connectivity index (χ4n) is 2.24. The van der Waals surface area contributed by atoms with Crippen molar-refractivity contribution >= 4 is 44.6 Å². The molecule has 0 aliphatic rings. The molecule has 0 radical (unpaired) electrons. The Bertz CT molecular complexity index is 900. The summed E-state index contributed by atoms with van der Waals surface area (Å²) < 4.78 is 32.9. The Morgan fingerprint density at radius 3 is 2.62 bits per heavy atom. The van der Waals surface area contributed by atoms with E-state index in [1.54, 1.807) is 25.1 Å². The summed E-state index contributed by atoms with van der Waals surface area (Å²) in [7, 11) is -3.55. The topological polar surface area (TPSA) is 59.3 Å². The number of hydrogen-bond donors (Lipinski definition) is 2. The van der Waals surface area contributed by atoms with E-state index in [1.165, 1.54) is 0 Å². The molecule has 21 heavy (non-hydrogen) atoms. The normalized spacial score (nSPS) is 13.8. The van der Waals surface area contributed by atoms with Gasteiger partial charge in [0.05, 0.1) is 4.90 Å². The molecule has 0 fully saturated rings. The van der Waals surface area contributed by atoms with Gasteiger partial charge in [0.15, 0.2) is 0 Å². The van der Waals surface area contributed by atoms with Crippen molar-refractivity contribution in [1.29, 1.82) is 0 Å². The molecule has 0 unspecified atom stereocenters. The van der Waals surface area contributed by atoms with Crippen LogP contribution in [0.2, 0.25) is 0 Å². The standard InChI is InChI=1S/C15H15NO3S2/c1-10(9-20)16-21(17,18)11-6-7-15-13(8-11)12-4-2-3-5-14(12)19-15/h2-8,10,16,20H,9H2,1H3/t10-/m1/s1. The molecule has 0 aliphatic heterocycles. The predicted molar refractivity (Wildman–Crippen MR) is 87.4 cm³/mol. The molecule has 1 N–H and O–H groups in total.